The number of aliphatic carboxylic acids is 1. The van der Waals surface area contributed by atoms with E-state index in [-0.39, 0.29) is 12.3 Å². The van der Waals surface area contributed by atoms with Crippen LogP contribution >= 0.6 is 11.3 Å². The average Bonchev–Trinajstić information content (AvgIpc) is 3.08. The topological polar surface area (TPSA) is 84.2 Å². The molecule has 1 atom stereocenters. The second-order valence-corrected chi connectivity index (χ2v) is 5.20. The fourth-order valence-electron chi connectivity index (χ4n) is 1.78. The third kappa shape index (κ3) is 3.45. The summed E-state index contributed by atoms with van der Waals surface area (Å²) in [6, 6.07) is 3.12. The highest BCUT2D eigenvalue weighted by Crippen LogP contribution is 2.22. The van der Waals surface area contributed by atoms with Gasteiger partial charge in [0.15, 0.2) is 0 Å². The first-order valence-corrected chi connectivity index (χ1v) is 7.06. The van der Waals surface area contributed by atoms with Crippen molar-refractivity contribution in [2.24, 2.45) is 0 Å². The molecule has 0 radical (unpaired) electrons. The van der Waals surface area contributed by atoms with Gasteiger partial charge in [-0.3, -0.25) is 14.3 Å². The largest absolute Gasteiger partial charge is 0.481 e. The number of nitrogens with one attached hydrogen (secondary N) is 1. The molecule has 20 heavy (non-hydrogen) atoms. The summed E-state index contributed by atoms with van der Waals surface area (Å²) in [5, 5.41) is 17.6. The predicted octanol–water partition coefficient (Wildman–Crippen LogP) is 1.91. The van der Waals surface area contributed by atoms with Crippen molar-refractivity contribution in [3.05, 3.63) is 40.3 Å². The summed E-state index contributed by atoms with van der Waals surface area (Å²) >= 11 is 1.42. The van der Waals surface area contributed by atoms with Crippen molar-refractivity contribution in [1.82, 2.24) is 15.1 Å². The molecule has 106 valence electrons. The van der Waals surface area contributed by atoms with Crippen LogP contribution in [0.5, 0.6) is 0 Å². The zero-order valence-electron chi connectivity index (χ0n) is 10.9. The van der Waals surface area contributed by atoms with Crippen LogP contribution in [0.1, 0.15) is 34.6 Å². The maximum Gasteiger partial charge on any atom is 0.305 e. The summed E-state index contributed by atoms with van der Waals surface area (Å²) in [7, 11) is 0. The zero-order valence-corrected chi connectivity index (χ0v) is 11.8. The molecule has 1 amide bonds. The van der Waals surface area contributed by atoms with Gasteiger partial charge in [0.1, 0.15) is 0 Å². The zero-order chi connectivity index (χ0) is 14.5. The number of carboxylic acids is 1. The maximum absolute atomic E-state index is 12.1. The molecule has 0 aromatic carbocycles. The molecule has 0 saturated heterocycles. The summed E-state index contributed by atoms with van der Waals surface area (Å²) in [5.74, 6) is -1.27. The molecule has 2 heterocycles. The van der Waals surface area contributed by atoms with Gasteiger partial charge in [0.2, 0.25) is 0 Å². The smallest absolute Gasteiger partial charge is 0.305 e. The van der Waals surface area contributed by atoms with Gasteiger partial charge in [-0.05, 0) is 18.4 Å². The number of hydrogen-bond acceptors (Lipinski definition) is 4. The second-order valence-electron chi connectivity index (χ2n) is 4.22. The van der Waals surface area contributed by atoms with Gasteiger partial charge in [-0.2, -0.15) is 5.10 Å². The Labute approximate surface area is 120 Å². The van der Waals surface area contributed by atoms with Gasteiger partial charge in [0.25, 0.3) is 5.91 Å². The molecule has 0 fully saturated rings. The van der Waals surface area contributed by atoms with Crippen LogP contribution in [0.15, 0.2) is 29.9 Å². The molecule has 0 unspecified atom stereocenters. The van der Waals surface area contributed by atoms with E-state index in [0.29, 0.717) is 12.1 Å². The molecule has 0 aliphatic heterocycles. The van der Waals surface area contributed by atoms with Crippen molar-refractivity contribution in [1.29, 1.82) is 0 Å². The van der Waals surface area contributed by atoms with E-state index in [0.717, 1.165) is 4.88 Å². The molecule has 7 heteroatoms. The van der Waals surface area contributed by atoms with E-state index >= 15 is 0 Å². The first kappa shape index (κ1) is 14.3. The van der Waals surface area contributed by atoms with E-state index in [2.05, 4.69) is 10.4 Å². The van der Waals surface area contributed by atoms with Crippen LogP contribution in [-0.4, -0.2) is 26.8 Å². The monoisotopic (exact) mass is 293 g/mol. The standard InChI is InChI=1S/C13H15N3O3S/c1-2-16-8-9(7-14-16)13(19)15-10(6-12(17)18)11-4-3-5-20-11/h3-5,7-8,10H,2,6H2,1H3,(H,15,19)(H,17,18)/t10-/m0/s1. The Balaban J connectivity index is 2.11. The lowest BCUT2D eigenvalue weighted by Crippen LogP contribution is -2.29. The minimum Gasteiger partial charge on any atom is -0.481 e. The minimum absolute atomic E-state index is 0.145. The lowest BCUT2D eigenvalue weighted by molar-refractivity contribution is -0.137. The number of carbonyl (C=O) groups is 2. The number of aryl methyl sites for hydroxylation is 1. The fourth-order valence-corrected chi connectivity index (χ4v) is 2.56. The Hall–Kier alpha value is -2.15. The van der Waals surface area contributed by atoms with Crippen LogP contribution in [0, 0.1) is 0 Å². The number of hydrogen-bond donors (Lipinski definition) is 2. The third-order valence-corrected chi connectivity index (χ3v) is 3.78. The molecule has 2 rings (SSSR count). The lowest BCUT2D eigenvalue weighted by Gasteiger charge is -2.14. The number of carboxylic acid groups (broad SMARTS) is 1. The summed E-state index contributed by atoms with van der Waals surface area (Å²) in [6.07, 6.45) is 2.97. The molecule has 2 aromatic rings. The molecule has 0 aliphatic rings. The highest BCUT2D eigenvalue weighted by molar-refractivity contribution is 7.10. The first-order chi connectivity index (χ1) is 9.60. The van der Waals surface area contributed by atoms with Crippen LogP contribution in [0.25, 0.3) is 0 Å². The summed E-state index contributed by atoms with van der Waals surface area (Å²) in [5.41, 5.74) is 0.429. The lowest BCUT2D eigenvalue weighted by atomic mass is 10.1. The highest BCUT2D eigenvalue weighted by atomic mass is 32.1. The van der Waals surface area contributed by atoms with E-state index in [1.54, 1.807) is 10.9 Å². The summed E-state index contributed by atoms with van der Waals surface area (Å²) in [6.45, 7) is 2.60. The van der Waals surface area contributed by atoms with Gasteiger partial charge < -0.3 is 10.4 Å². The average molecular weight is 293 g/mol. The summed E-state index contributed by atoms with van der Waals surface area (Å²) in [4.78, 5) is 23.8. The Kier molecular flexibility index (Phi) is 4.52. The van der Waals surface area contributed by atoms with Crippen molar-refractivity contribution in [2.45, 2.75) is 25.9 Å². The molecular weight excluding hydrogens is 278 g/mol. The van der Waals surface area contributed by atoms with Crippen molar-refractivity contribution in [3.8, 4) is 0 Å². The van der Waals surface area contributed by atoms with E-state index in [1.165, 1.54) is 17.5 Å². The van der Waals surface area contributed by atoms with Gasteiger partial charge in [-0.25, -0.2) is 0 Å². The Morgan fingerprint density at radius 2 is 2.35 bits per heavy atom. The van der Waals surface area contributed by atoms with Crippen molar-refractivity contribution in [3.63, 3.8) is 0 Å². The van der Waals surface area contributed by atoms with Crippen LogP contribution in [0.4, 0.5) is 0 Å². The number of thiophene rings is 1. The molecule has 0 bridgehead atoms. The number of aromatic nitrogens is 2. The van der Waals surface area contributed by atoms with Gasteiger partial charge in [0.05, 0.1) is 24.2 Å². The van der Waals surface area contributed by atoms with Gasteiger partial charge >= 0.3 is 5.97 Å². The fraction of sp³-hybridized carbons (Fsp3) is 0.308. The second kappa shape index (κ2) is 6.33. The van der Waals surface area contributed by atoms with Gasteiger partial charge in [-0.15, -0.1) is 11.3 Å². The first-order valence-electron chi connectivity index (χ1n) is 6.18. The SMILES string of the molecule is CCn1cc(C(=O)N[C@@H](CC(=O)O)c2cccs2)cn1. The molecule has 2 N–H and O–H groups in total. The molecule has 2 aromatic heterocycles. The normalized spacial score (nSPS) is 12.1. The van der Waals surface area contributed by atoms with Crippen LogP contribution < -0.4 is 5.32 Å². The van der Waals surface area contributed by atoms with Crippen molar-refractivity contribution < 1.29 is 14.7 Å². The molecule has 6 nitrogen and oxygen atoms in total. The number of carbonyl (C=O) groups excluding carboxylic acids is 1. The van der Waals surface area contributed by atoms with E-state index in [1.807, 2.05) is 24.4 Å². The van der Waals surface area contributed by atoms with Gasteiger partial charge in [0, 0.05) is 17.6 Å². The maximum atomic E-state index is 12.1. The molecule has 0 aliphatic carbocycles. The third-order valence-electron chi connectivity index (χ3n) is 2.79. The van der Waals surface area contributed by atoms with Crippen molar-refractivity contribution >= 4 is 23.2 Å². The van der Waals surface area contributed by atoms with Crippen LogP contribution in [0.2, 0.25) is 0 Å². The Morgan fingerprint density at radius 3 is 2.90 bits per heavy atom. The predicted molar refractivity (Wildman–Crippen MR) is 74.7 cm³/mol. The van der Waals surface area contributed by atoms with E-state index in [4.69, 9.17) is 5.11 Å². The number of rotatable bonds is 6. The number of nitrogens with zero attached hydrogens (tertiary/aromatic N) is 2. The van der Waals surface area contributed by atoms with E-state index in [9.17, 15) is 9.59 Å². The van der Waals surface area contributed by atoms with Crippen molar-refractivity contribution in [2.75, 3.05) is 0 Å². The minimum atomic E-state index is -0.951. The van der Waals surface area contributed by atoms with Gasteiger partial charge in [-0.1, -0.05) is 6.07 Å². The molecule has 0 saturated carbocycles. The van der Waals surface area contributed by atoms with E-state index < -0.39 is 12.0 Å². The molecular formula is C13H15N3O3S. The van der Waals surface area contributed by atoms with Crippen LogP contribution in [-0.2, 0) is 11.3 Å². The quantitative estimate of drug-likeness (QED) is 0.852. The highest BCUT2D eigenvalue weighted by Gasteiger charge is 2.20. The molecule has 0 spiro atoms. The van der Waals surface area contributed by atoms with Crippen LogP contribution in [0.3, 0.4) is 0 Å². The summed E-state index contributed by atoms with van der Waals surface area (Å²) < 4.78 is 1.65. The Bertz CT molecular complexity index is 592. The Morgan fingerprint density at radius 1 is 1.55 bits per heavy atom. The number of amides is 1.